The van der Waals surface area contributed by atoms with E-state index in [2.05, 4.69) is 5.32 Å². The van der Waals surface area contributed by atoms with Crippen molar-refractivity contribution in [2.75, 3.05) is 17.3 Å². The number of hydrogen-bond donors (Lipinski definition) is 1. The average Bonchev–Trinajstić information content (AvgIpc) is 2.91. The van der Waals surface area contributed by atoms with E-state index in [0.29, 0.717) is 33.2 Å². The maximum Gasteiger partial charge on any atom is 0.272 e. The van der Waals surface area contributed by atoms with Gasteiger partial charge in [-0.05, 0) is 42.3 Å². The lowest BCUT2D eigenvalue weighted by Gasteiger charge is -2.19. The summed E-state index contributed by atoms with van der Waals surface area (Å²) < 4.78 is 5.41. The van der Waals surface area contributed by atoms with Gasteiger partial charge in [-0.25, -0.2) is 4.90 Å². The Bertz CT molecular complexity index is 1040. The third kappa shape index (κ3) is 4.26. The first kappa shape index (κ1) is 21.6. The summed E-state index contributed by atoms with van der Waals surface area (Å²) in [6.45, 7) is 7.28. The second-order valence-corrected chi connectivity index (χ2v) is 8.84. The van der Waals surface area contributed by atoms with E-state index in [1.165, 1.54) is 30.7 Å². The first-order chi connectivity index (χ1) is 14.2. The number of ether oxygens (including phenoxy) is 1. The van der Waals surface area contributed by atoms with Gasteiger partial charge in [0.15, 0.2) is 0 Å². The van der Waals surface area contributed by atoms with Crippen LogP contribution in [0.3, 0.4) is 0 Å². The van der Waals surface area contributed by atoms with Crippen LogP contribution in [-0.4, -0.2) is 30.1 Å². The summed E-state index contributed by atoms with van der Waals surface area (Å²) in [5.41, 5.74) is 2.95. The summed E-state index contributed by atoms with van der Waals surface area (Å²) in [4.78, 5) is 39.7. The number of rotatable bonds is 6. The molecule has 1 aliphatic heterocycles. The number of amides is 3. The van der Waals surface area contributed by atoms with Crippen molar-refractivity contribution in [2.45, 2.75) is 32.9 Å². The van der Waals surface area contributed by atoms with E-state index in [1.807, 2.05) is 26.8 Å². The molecule has 3 amide bonds. The van der Waals surface area contributed by atoms with E-state index < -0.39 is 0 Å². The van der Waals surface area contributed by atoms with E-state index in [-0.39, 0.29) is 23.0 Å². The molecule has 2 aromatic carbocycles. The molecule has 1 aliphatic rings. The van der Waals surface area contributed by atoms with Crippen molar-refractivity contribution >= 4 is 46.4 Å². The molecule has 0 spiro atoms. The average molecular weight is 425 g/mol. The predicted molar refractivity (Wildman–Crippen MR) is 121 cm³/mol. The molecule has 0 fully saturated rings. The van der Waals surface area contributed by atoms with Gasteiger partial charge in [-0.15, -0.1) is 11.8 Å². The van der Waals surface area contributed by atoms with Gasteiger partial charge in [0, 0.05) is 17.9 Å². The van der Waals surface area contributed by atoms with Crippen LogP contribution in [0.1, 0.15) is 31.9 Å². The second kappa shape index (κ2) is 8.75. The lowest BCUT2D eigenvalue weighted by molar-refractivity contribution is -0.120. The minimum atomic E-state index is -0.390. The lowest BCUT2D eigenvalue weighted by atomic mass is 10.1. The zero-order valence-corrected chi connectivity index (χ0v) is 18.4. The minimum Gasteiger partial charge on any atom is -0.495 e. The maximum absolute atomic E-state index is 13.5. The molecule has 1 heterocycles. The fourth-order valence-electron chi connectivity index (χ4n) is 3.23. The molecule has 0 bridgehead atoms. The predicted octanol–water partition coefficient (Wildman–Crippen LogP) is 4.39. The van der Waals surface area contributed by atoms with Crippen LogP contribution in [0.15, 0.2) is 47.4 Å². The topological polar surface area (TPSA) is 75.7 Å². The zero-order chi connectivity index (χ0) is 22.0. The highest BCUT2D eigenvalue weighted by atomic mass is 32.2. The van der Waals surface area contributed by atoms with Gasteiger partial charge in [0.2, 0.25) is 5.91 Å². The van der Waals surface area contributed by atoms with Crippen LogP contribution in [0.4, 0.5) is 11.4 Å². The van der Waals surface area contributed by atoms with Crippen LogP contribution >= 0.6 is 11.8 Å². The van der Waals surface area contributed by atoms with Crippen LogP contribution in [0.2, 0.25) is 0 Å². The Morgan fingerprint density at radius 1 is 1.07 bits per heavy atom. The molecular formula is C23H24N2O4S. The number of methoxy groups -OCH3 is 1. The number of nitrogens with one attached hydrogen (secondary N) is 1. The number of nitrogens with zero attached hydrogens (tertiary/aromatic N) is 1. The fourth-order valence-corrected chi connectivity index (χ4v) is 4.21. The zero-order valence-electron chi connectivity index (χ0n) is 17.6. The summed E-state index contributed by atoms with van der Waals surface area (Å²) in [5.74, 6) is -0.468. The molecule has 0 aliphatic carbocycles. The van der Waals surface area contributed by atoms with Crippen molar-refractivity contribution < 1.29 is 19.1 Å². The van der Waals surface area contributed by atoms with E-state index in [4.69, 9.17) is 4.74 Å². The number of imide groups is 1. The number of anilines is 2. The molecule has 1 N–H and O–H groups in total. The van der Waals surface area contributed by atoms with E-state index in [1.54, 1.807) is 36.4 Å². The molecule has 3 rings (SSSR count). The van der Waals surface area contributed by atoms with Gasteiger partial charge in [0.05, 0.1) is 23.3 Å². The summed E-state index contributed by atoms with van der Waals surface area (Å²) in [7, 11) is 1.51. The van der Waals surface area contributed by atoms with Gasteiger partial charge in [-0.1, -0.05) is 32.0 Å². The third-order valence-electron chi connectivity index (χ3n) is 4.46. The number of carbonyl (C=O) groups is 3. The Hall–Kier alpha value is -3.06. The summed E-state index contributed by atoms with van der Waals surface area (Å²) in [6, 6.07) is 12.3. The monoisotopic (exact) mass is 424 g/mol. The molecule has 0 unspecified atom stereocenters. The standard InChI is InChI=1S/C23H24N2O4S/c1-13(2)30-21-20(16-7-9-17(10-8-16)24-15(4)26)22(27)25(23(21)28)18-12-14(3)6-11-19(18)29-5/h6-13H,1-5H3,(H,24,26). The van der Waals surface area contributed by atoms with Gasteiger partial charge in [-0.3, -0.25) is 14.4 Å². The van der Waals surface area contributed by atoms with E-state index >= 15 is 0 Å². The molecule has 0 saturated heterocycles. The Morgan fingerprint density at radius 3 is 2.30 bits per heavy atom. The van der Waals surface area contributed by atoms with Crippen LogP contribution < -0.4 is 15.0 Å². The quantitative estimate of drug-likeness (QED) is 0.696. The van der Waals surface area contributed by atoms with Crippen LogP contribution in [0.5, 0.6) is 5.75 Å². The summed E-state index contributed by atoms with van der Waals surface area (Å²) in [5, 5.41) is 2.82. The van der Waals surface area contributed by atoms with Crippen molar-refractivity contribution in [1.29, 1.82) is 0 Å². The van der Waals surface area contributed by atoms with E-state index in [0.717, 1.165) is 5.56 Å². The van der Waals surface area contributed by atoms with Gasteiger partial charge in [-0.2, -0.15) is 0 Å². The summed E-state index contributed by atoms with van der Waals surface area (Å²) >= 11 is 1.36. The molecule has 6 nitrogen and oxygen atoms in total. The number of hydrogen-bond acceptors (Lipinski definition) is 5. The Kier molecular flexibility index (Phi) is 6.31. The number of carbonyl (C=O) groups excluding carboxylic acids is 3. The van der Waals surface area contributed by atoms with Crippen LogP contribution in [0.25, 0.3) is 5.57 Å². The molecule has 0 radical (unpaired) electrons. The van der Waals surface area contributed by atoms with E-state index in [9.17, 15) is 14.4 Å². The Morgan fingerprint density at radius 2 is 1.73 bits per heavy atom. The van der Waals surface area contributed by atoms with Crippen molar-refractivity contribution in [1.82, 2.24) is 0 Å². The van der Waals surface area contributed by atoms with Gasteiger partial charge in [0.25, 0.3) is 11.8 Å². The van der Waals surface area contributed by atoms with Crippen molar-refractivity contribution in [2.24, 2.45) is 0 Å². The number of aryl methyl sites for hydroxylation is 1. The molecule has 7 heteroatoms. The number of thioether (sulfide) groups is 1. The lowest BCUT2D eigenvalue weighted by Crippen LogP contribution is -2.31. The Balaban J connectivity index is 2.09. The third-order valence-corrected chi connectivity index (χ3v) is 5.55. The maximum atomic E-state index is 13.5. The normalized spacial score (nSPS) is 14.0. The molecule has 30 heavy (non-hydrogen) atoms. The van der Waals surface area contributed by atoms with Gasteiger partial charge in [0.1, 0.15) is 5.75 Å². The fraction of sp³-hybridized carbons (Fsp3) is 0.261. The smallest absolute Gasteiger partial charge is 0.272 e. The molecule has 0 atom stereocenters. The van der Waals surface area contributed by atoms with Crippen molar-refractivity contribution in [3.05, 3.63) is 58.5 Å². The second-order valence-electron chi connectivity index (χ2n) is 7.25. The minimum absolute atomic E-state index is 0.116. The highest BCUT2D eigenvalue weighted by molar-refractivity contribution is 8.04. The van der Waals surface area contributed by atoms with Crippen LogP contribution in [0, 0.1) is 6.92 Å². The van der Waals surface area contributed by atoms with Crippen LogP contribution in [-0.2, 0) is 14.4 Å². The molecule has 0 saturated carbocycles. The molecular weight excluding hydrogens is 400 g/mol. The highest BCUT2D eigenvalue weighted by Crippen LogP contribution is 2.42. The van der Waals surface area contributed by atoms with Gasteiger partial charge < -0.3 is 10.1 Å². The number of benzene rings is 2. The highest BCUT2D eigenvalue weighted by Gasteiger charge is 2.41. The first-order valence-corrected chi connectivity index (χ1v) is 10.4. The SMILES string of the molecule is COc1ccc(C)cc1N1C(=O)C(SC(C)C)=C(c2ccc(NC(C)=O)cc2)C1=O. The van der Waals surface area contributed by atoms with Crippen molar-refractivity contribution in [3.8, 4) is 5.75 Å². The first-order valence-electron chi connectivity index (χ1n) is 9.55. The van der Waals surface area contributed by atoms with Crippen molar-refractivity contribution in [3.63, 3.8) is 0 Å². The summed E-state index contributed by atoms with van der Waals surface area (Å²) in [6.07, 6.45) is 0. The molecule has 156 valence electrons. The largest absolute Gasteiger partial charge is 0.495 e. The Labute approximate surface area is 180 Å². The molecule has 0 aromatic heterocycles. The van der Waals surface area contributed by atoms with Gasteiger partial charge >= 0.3 is 0 Å². The molecule has 2 aromatic rings.